The molecule has 0 amide bonds. The molecule has 1 atom stereocenters. The van der Waals surface area contributed by atoms with Gasteiger partial charge in [0.05, 0.1) is 5.69 Å². The summed E-state index contributed by atoms with van der Waals surface area (Å²) in [5, 5.41) is 4.66. The van der Waals surface area contributed by atoms with Gasteiger partial charge >= 0.3 is 0 Å². The molecule has 2 heteroatoms. The van der Waals surface area contributed by atoms with Crippen LogP contribution in [0.5, 0.6) is 0 Å². The van der Waals surface area contributed by atoms with Crippen LogP contribution in [-0.2, 0) is 13.0 Å². The van der Waals surface area contributed by atoms with Crippen molar-refractivity contribution in [1.82, 2.24) is 9.78 Å². The van der Waals surface area contributed by atoms with E-state index in [4.69, 9.17) is 0 Å². The minimum absolute atomic E-state index is 0.556. The molecule has 2 nitrogen and oxygen atoms in total. The molecule has 0 saturated carbocycles. The standard InChI is InChI=1S/C13H22N2/c1-9(2)11-5-6-15-12(7-11)8-13(14-15)10(3)4/h8-11H,5-7H2,1-4H3. The third-order valence-electron chi connectivity index (χ3n) is 3.60. The first-order valence-corrected chi connectivity index (χ1v) is 6.14. The maximum absolute atomic E-state index is 4.66. The van der Waals surface area contributed by atoms with Crippen LogP contribution in [-0.4, -0.2) is 9.78 Å². The van der Waals surface area contributed by atoms with Gasteiger partial charge in [-0.1, -0.05) is 27.7 Å². The molecule has 1 unspecified atom stereocenters. The van der Waals surface area contributed by atoms with Gasteiger partial charge < -0.3 is 0 Å². The monoisotopic (exact) mass is 206 g/mol. The maximum Gasteiger partial charge on any atom is 0.0652 e. The average Bonchev–Trinajstić information content (AvgIpc) is 2.59. The first kappa shape index (κ1) is 10.7. The van der Waals surface area contributed by atoms with Crippen LogP contribution < -0.4 is 0 Å². The van der Waals surface area contributed by atoms with Gasteiger partial charge in [-0.05, 0) is 36.7 Å². The van der Waals surface area contributed by atoms with Crippen molar-refractivity contribution in [3.8, 4) is 0 Å². The van der Waals surface area contributed by atoms with Crippen LogP contribution >= 0.6 is 0 Å². The SMILES string of the molecule is CC(C)c1cc2n(n1)CCC(C(C)C)C2. The molecular formula is C13H22N2. The van der Waals surface area contributed by atoms with E-state index < -0.39 is 0 Å². The molecule has 1 aliphatic heterocycles. The van der Waals surface area contributed by atoms with Crippen molar-refractivity contribution >= 4 is 0 Å². The quantitative estimate of drug-likeness (QED) is 0.726. The molecule has 0 aromatic carbocycles. The molecule has 84 valence electrons. The predicted molar refractivity (Wildman–Crippen MR) is 63.0 cm³/mol. The fourth-order valence-corrected chi connectivity index (χ4v) is 2.35. The first-order chi connectivity index (χ1) is 7.08. The lowest BCUT2D eigenvalue weighted by atomic mass is 9.86. The summed E-state index contributed by atoms with van der Waals surface area (Å²) in [4.78, 5) is 0. The number of hydrogen-bond donors (Lipinski definition) is 0. The summed E-state index contributed by atoms with van der Waals surface area (Å²) in [5.74, 6) is 2.21. The second kappa shape index (κ2) is 3.99. The van der Waals surface area contributed by atoms with Gasteiger partial charge in [-0.25, -0.2) is 0 Å². The lowest BCUT2D eigenvalue weighted by molar-refractivity contribution is 0.291. The van der Waals surface area contributed by atoms with Crippen molar-refractivity contribution in [2.24, 2.45) is 11.8 Å². The van der Waals surface area contributed by atoms with Crippen LogP contribution in [0.3, 0.4) is 0 Å². The Morgan fingerprint density at radius 3 is 2.67 bits per heavy atom. The summed E-state index contributed by atoms with van der Waals surface area (Å²) in [6.07, 6.45) is 2.52. The van der Waals surface area contributed by atoms with Crippen LogP contribution in [0.25, 0.3) is 0 Å². The van der Waals surface area contributed by atoms with Gasteiger partial charge in [-0.3, -0.25) is 4.68 Å². The van der Waals surface area contributed by atoms with Crippen molar-refractivity contribution in [1.29, 1.82) is 0 Å². The van der Waals surface area contributed by atoms with Gasteiger partial charge in [0, 0.05) is 12.2 Å². The Labute approximate surface area is 92.7 Å². The Hall–Kier alpha value is -0.790. The van der Waals surface area contributed by atoms with Gasteiger partial charge in [0.1, 0.15) is 0 Å². The van der Waals surface area contributed by atoms with E-state index in [1.807, 2.05) is 0 Å². The topological polar surface area (TPSA) is 17.8 Å². The number of aromatic nitrogens is 2. The zero-order valence-electron chi connectivity index (χ0n) is 10.3. The van der Waals surface area contributed by atoms with Gasteiger partial charge in [0.15, 0.2) is 0 Å². The highest BCUT2D eigenvalue weighted by molar-refractivity contribution is 5.15. The van der Waals surface area contributed by atoms with Gasteiger partial charge in [0.25, 0.3) is 0 Å². The normalized spacial score (nSPS) is 21.1. The average molecular weight is 206 g/mol. The second-order valence-corrected chi connectivity index (χ2v) is 5.44. The minimum atomic E-state index is 0.556. The molecule has 0 radical (unpaired) electrons. The number of fused-ring (bicyclic) bond motifs is 1. The molecule has 2 rings (SSSR count). The van der Waals surface area contributed by atoms with Crippen LogP contribution in [0, 0.1) is 11.8 Å². The number of rotatable bonds is 2. The van der Waals surface area contributed by atoms with E-state index in [-0.39, 0.29) is 0 Å². The van der Waals surface area contributed by atoms with Crippen LogP contribution in [0.4, 0.5) is 0 Å². The summed E-state index contributed by atoms with van der Waals surface area (Å²) in [7, 11) is 0. The van der Waals surface area contributed by atoms with Crippen molar-refractivity contribution < 1.29 is 0 Å². The molecule has 1 aromatic heterocycles. The van der Waals surface area contributed by atoms with E-state index in [1.165, 1.54) is 24.2 Å². The number of nitrogens with zero attached hydrogens (tertiary/aromatic N) is 2. The molecule has 0 bridgehead atoms. The Bertz CT molecular complexity index is 336. The summed E-state index contributed by atoms with van der Waals surface area (Å²) >= 11 is 0. The van der Waals surface area contributed by atoms with E-state index in [0.29, 0.717) is 5.92 Å². The second-order valence-electron chi connectivity index (χ2n) is 5.44. The lowest BCUT2D eigenvalue weighted by Crippen LogP contribution is -2.23. The van der Waals surface area contributed by atoms with Crippen LogP contribution in [0.1, 0.15) is 51.4 Å². The zero-order chi connectivity index (χ0) is 11.0. The van der Waals surface area contributed by atoms with Gasteiger partial charge in [0.2, 0.25) is 0 Å². The molecule has 0 saturated heterocycles. The predicted octanol–water partition coefficient (Wildman–Crippen LogP) is 3.22. The molecular weight excluding hydrogens is 184 g/mol. The minimum Gasteiger partial charge on any atom is -0.269 e. The molecule has 1 aliphatic rings. The Morgan fingerprint density at radius 1 is 1.33 bits per heavy atom. The smallest absolute Gasteiger partial charge is 0.0652 e. The van der Waals surface area contributed by atoms with Crippen molar-refractivity contribution in [2.45, 2.75) is 53.0 Å². The number of aryl methyl sites for hydroxylation is 1. The summed E-state index contributed by atoms with van der Waals surface area (Å²) in [5.41, 5.74) is 2.71. The molecule has 0 spiro atoms. The largest absolute Gasteiger partial charge is 0.269 e. The van der Waals surface area contributed by atoms with E-state index in [2.05, 4.69) is 43.5 Å². The van der Waals surface area contributed by atoms with Crippen LogP contribution in [0.15, 0.2) is 6.07 Å². The van der Waals surface area contributed by atoms with E-state index in [1.54, 1.807) is 0 Å². The molecule has 0 fully saturated rings. The molecule has 15 heavy (non-hydrogen) atoms. The fourth-order valence-electron chi connectivity index (χ4n) is 2.35. The highest BCUT2D eigenvalue weighted by atomic mass is 15.3. The highest BCUT2D eigenvalue weighted by Crippen LogP contribution is 2.27. The fraction of sp³-hybridized carbons (Fsp3) is 0.769. The first-order valence-electron chi connectivity index (χ1n) is 6.14. The van der Waals surface area contributed by atoms with Gasteiger partial charge in [-0.15, -0.1) is 0 Å². The molecule has 1 aromatic rings. The van der Waals surface area contributed by atoms with Crippen molar-refractivity contribution in [2.75, 3.05) is 0 Å². The van der Waals surface area contributed by atoms with Crippen molar-refractivity contribution in [3.05, 3.63) is 17.5 Å². The Morgan fingerprint density at radius 2 is 2.07 bits per heavy atom. The Kier molecular flexibility index (Phi) is 2.85. The summed E-state index contributed by atoms with van der Waals surface area (Å²) < 4.78 is 2.22. The highest BCUT2D eigenvalue weighted by Gasteiger charge is 2.23. The maximum atomic E-state index is 4.66. The lowest BCUT2D eigenvalue weighted by Gasteiger charge is -2.26. The van der Waals surface area contributed by atoms with E-state index in [0.717, 1.165) is 18.4 Å². The Balaban J connectivity index is 2.19. The van der Waals surface area contributed by atoms with E-state index in [9.17, 15) is 0 Å². The molecule has 0 aliphatic carbocycles. The third-order valence-corrected chi connectivity index (χ3v) is 3.60. The molecule has 0 N–H and O–H groups in total. The molecule has 2 heterocycles. The third kappa shape index (κ3) is 2.09. The van der Waals surface area contributed by atoms with Gasteiger partial charge in [-0.2, -0.15) is 5.10 Å². The van der Waals surface area contributed by atoms with Crippen LogP contribution in [0.2, 0.25) is 0 Å². The summed E-state index contributed by atoms with van der Waals surface area (Å²) in [6, 6.07) is 2.30. The van der Waals surface area contributed by atoms with Crippen molar-refractivity contribution in [3.63, 3.8) is 0 Å². The van der Waals surface area contributed by atoms with E-state index >= 15 is 0 Å². The zero-order valence-corrected chi connectivity index (χ0v) is 10.3. The summed E-state index contributed by atoms with van der Waals surface area (Å²) in [6.45, 7) is 10.2. The number of hydrogen-bond acceptors (Lipinski definition) is 1.